The van der Waals surface area contributed by atoms with E-state index in [1.54, 1.807) is 0 Å². The maximum atomic E-state index is 12.6. The lowest BCUT2D eigenvalue weighted by molar-refractivity contribution is -0.127. The van der Waals surface area contributed by atoms with E-state index in [0.717, 1.165) is 17.8 Å². The standard InChI is InChI=1S/C17H28N2O3S/c1-23(21,22)19-7-5-11(6-8-19)17(20)18-16-10-12-9-15(16)14-4-2-3-13(12)14/h11-16H,2-10H2,1H3,(H,18,20)/t12-,13-,14-,15+,16-/m1/s1. The van der Waals surface area contributed by atoms with Crippen LogP contribution in [0.15, 0.2) is 0 Å². The summed E-state index contributed by atoms with van der Waals surface area (Å²) >= 11 is 0. The molecule has 5 nitrogen and oxygen atoms in total. The Labute approximate surface area is 139 Å². The Bertz CT molecular complexity index is 583. The van der Waals surface area contributed by atoms with Crippen LogP contribution >= 0.6 is 0 Å². The number of nitrogens with one attached hydrogen (secondary N) is 1. The molecule has 1 aliphatic heterocycles. The molecule has 4 aliphatic rings. The van der Waals surface area contributed by atoms with Gasteiger partial charge in [0.15, 0.2) is 0 Å². The highest BCUT2D eigenvalue weighted by molar-refractivity contribution is 7.88. The monoisotopic (exact) mass is 340 g/mol. The van der Waals surface area contributed by atoms with E-state index in [-0.39, 0.29) is 11.8 Å². The van der Waals surface area contributed by atoms with E-state index < -0.39 is 10.0 Å². The van der Waals surface area contributed by atoms with Crippen molar-refractivity contribution < 1.29 is 13.2 Å². The third-order valence-corrected chi connectivity index (χ3v) is 8.35. The molecule has 1 amide bonds. The lowest BCUT2D eigenvalue weighted by atomic mass is 9.79. The van der Waals surface area contributed by atoms with Crippen LogP contribution in [0.5, 0.6) is 0 Å². The Hall–Kier alpha value is -0.620. The SMILES string of the molecule is CS(=O)(=O)N1CCC(C(=O)N[C@@H]2C[C@H]3C[C@H]2[C@@H]2CCC[C@H]32)CC1. The molecule has 1 N–H and O–H groups in total. The average Bonchev–Trinajstić information content (AvgIpc) is 3.18. The highest BCUT2D eigenvalue weighted by Gasteiger charge is 2.54. The van der Waals surface area contributed by atoms with Gasteiger partial charge in [-0.3, -0.25) is 4.79 Å². The van der Waals surface area contributed by atoms with Gasteiger partial charge in [-0.1, -0.05) is 6.42 Å². The molecule has 0 aromatic rings. The zero-order chi connectivity index (χ0) is 16.2. The van der Waals surface area contributed by atoms with Crippen molar-refractivity contribution in [2.24, 2.45) is 29.6 Å². The molecule has 3 saturated carbocycles. The number of sulfonamides is 1. The molecule has 0 spiro atoms. The Morgan fingerprint density at radius 2 is 1.70 bits per heavy atom. The minimum Gasteiger partial charge on any atom is -0.353 e. The molecular formula is C17H28N2O3S. The molecule has 130 valence electrons. The van der Waals surface area contributed by atoms with Crippen molar-refractivity contribution in [2.45, 2.75) is 51.0 Å². The number of piperidine rings is 1. The van der Waals surface area contributed by atoms with Gasteiger partial charge in [0.05, 0.1) is 6.26 Å². The predicted octanol–water partition coefficient (Wildman–Crippen LogP) is 1.60. The number of amides is 1. The van der Waals surface area contributed by atoms with Gasteiger partial charge in [0.1, 0.15) is 0 Å². The van der Waals surface area contributed by atoms with Crippen LogP contribution in [-0.4, -0.2) is 44.0 Å². The summed E-state index contributed by atoms with van der Waals surface area (Å²) in [5.74, 6) is 3.55. The highest BCUT2D eigenvalue weighted by Crippen LogP contribution is 2.58. The Morgan fingerprint density at radius 1 is 1.00 bits per heavy atom. The van der Waals surface area contributed by atoms with Gasteiger partial charge in [-0.05, 0) is 62.2 Å². The third kappa shape index (κ3) is 2.82. The maximum Gasteiger partial charge on any atom is 0.223 e. The summed E-state index contributed by atoms with van der Waals surface area (Å²) < 4.78 is 24.6. The van der Waals surface area contributed by atoms with E-state index in [1.807, 2.05) is 0 Å². The van der Waals surface area contributed by atoms with Gasteiger partial charge in [-0.25, -0.2) is 12.7 Å². The van der Waals surface area contributed by atoms with Gasteiger partial charge >= 0.3 is 0 Å². The number of hydrogen-bond donors (Lipinski definition) is 1. The summed E-state index contributed by atoms with van der Waals surface area (Å²) in [6.45, 7) is 0.969. The lowest BCUT2D eigenvalue weighted by Crippen LogP contribution is -2.47. The average molecular weight is 340 g/mol. The maximum absolute atomic E-state index is 12.6. The van der Waals surface area contributed by atoms with Gasteiger partial charge < -0.3 is 5.32 Å². The minimum absolute atomic E-state index is 0.00787. The first kappa shape index (κ1) is 15.9. The number of rotatable bonds is 3. The number of carbonyl (C=O) groups excluding carboxylic acids is 1. The van der Waals surface area contributed by atoms with E-state index in [2.05, 4.69) is 5.32 Å². The van der Waals surface area contributed by atoms with Crippen molar-refractivity contribution in [1.82, 2.24) is 9.62 Å². The third-order valence-electron chi connectivity index (χ3n) is 7.05. The molecule has 1 saturated heterocycles. The summed E-state index contributed by atoms with van der Waals surface area (Å²) in [5, 5.41) is 3.34. The predicted molar refractivity (Wildman–Crippen MR) is 88.1 cm³/mol. The lowest BCUT2D eigenvalue weighted by Gasteiger charge is -2.34. The number of carbonyl (C=O) groups is 1. The van der Waals surface area contributed by atoms with Crippen molar-refractivity contribution in [3.05, 3.63) is 0 Å². The molecule has 6 heteroatoms. The molecule has 3 aliphatic carbocycles. The zero-order valence-electron chi connectivity index (χ0n) is 13.9. The van der Waals surface area contributed by atoms with Crippen LogP contribution in [0.25, 0.3) is 0 Å². The molecule has 23 heavy (non-hydrogen) atoms. The second kappa shape index (κ2) is 5.73. The van der Waals surface area contributed by atoms with Crippen LogP contribution in [0.2, 0.25) is 0 Å². The summed E-state index contributed by atoms with van der Waals surface area (Å²) in [6, 6.07) is 0.389. The van der Waals surface area contributed by atoms with Crippen molar-refractivity contribution in [3.8, 4) is 0 Å². The molecule has 0 aromatic carbocycles. The quantitative estimate of drug-likeness (QED) is 0.848. The molecular weight excluding hydrogens is 312 g/mol. The Balaban J connectivity index is 1.32. The van der Waals surface area contributed by atoms with Crippen LogP contribution in [0.3, 0.4) is 0 Å². The molecule has 0 unspecified atom stereocenters. The van der Waals surface area contributed by atoms with E-state index >= 15 is 0 Å². The summed E-state index contributed by atoms with van der Waals surface area (Å²) in [4.78, 5) is 12.6. The number of nitrogens with zero attached hydrogens (tertiary/aromatic N) is 1. The fraction of sp³-hybridized carbons (Fsp3) is 0.941. The minimum atomic E-state index is -3.11. The zero-order valence-corrected chi connectivity index (χ0v) is 14.7. The first-order chi connectivity index (χ1) is 10.9. The summed E-state index contributed by atoms with van der Waals surface area (Å²) in [5.41, 5.74) is 0. The molecule has 0 radical (unpaired) electrons. The van der Waals surface area contributed by atoms with Crippen LogP contribution in [0, 0.1) is 29.6 Å². The van der Waals surface area contributed by atoms with E-state index in [0.29, 0.717) is 37.9 Å². The second-order valence-corrected chi connectivity index (χ2v) is 10.2. The van der Waals surface area contributed by atoms with Gasteiger partial charge in [0.2, 0.25) is 15.9 Å². The molecule has 4 rings (SSSR count). The molecule has 2 bridgehead atoms. The van der Waals surface area contributed by atoms with Crippen LogP contribution < -0.4 is 5.32 Å². The van der Waals surface area contributed by atoms with E-state index in [9.17, 15) is 13.2 Å². The van der Waals surface area contributed by atoms with Gasteiger partial charge in [0, 0.05) is 25.0 Å². The molecule has 1 heterocycles. The molecule has 4 fully saturated rings. The Kier molecular flexibility index (Phi) is 3.95. The number of hydrogen-bond acceptors (Lipinski definition) is 3. The van der Waals surface area contributed by atoms with Crippen LogP contribution in [0.1, 0.15) is 44.9 Å². The number of fused-ring (bicyclic) bond motifs is 5. The van der Waals surface area contributed by atoms with Gasteiger partial charge in [0.25, 0.3) is 0 Å². The highest BCUT2D eigenvalue weighted by atomic mass is 32.2. The Morgan fingerprint density at radius 3 is 2.39 bits per heavy atom. The van der Waals surface area contributed by atoms with Crippen molar-refractivity contribution in [3.63, 3.8) is 0 Å². The first-order valence-corrected chi connectivity index (χ1v) is 11.0. The molecule has 5 atom stereocenters. The summed E-state index contributed by atoms with van der Waals surface area (Å²) in [6.07, 6.45) is 9.24. The van der Waals surface area contributed by atoms with Gasteiger partial charge in [-0.15, -0.1) is 0 Å². The fourth-order valence-corrected chi connectivity index (χ4v) is 6.86. The second-order valence-electron chi connectivity index (χ2n) is 8.21. The van der Waals surface area contributed by atoms with Crippen molar-refractivity contribution >= 4 is 15.9 Å². The van der Waals surface area contributed by atoms with Gasteiger partial charge in [-0.2, -0.15) is 0 Å². The van der Waals surface area contributed by atoms with Crippen molar-refractivity contribution in [1.29, 1.82) is 0 Å². The van der Waals surface area contributed by atoms with Crippen molar-refractivity contribution in [2.75, 3.05) is 19.3 Å². The fourth-order valence-electron chi connectivity index (χ4n) is 5.98. The van der Waals surface area contributed by atoms with Crippen LogP contribution in [0.4, 0.5) is 0 Å². The summed E-state index contributed by atoms with van der Waals surface area (Å²) in [7, 11) is -3.11. The van der Waals surface area contributed by atoms with E-state index in [1.165, 1.54) is 42.7 Å². The normalized spacial score (nSPS) is 41.2. The first-order valence-electron chi connectivity index (χ1n) is 9.19. The van der Waals surface area contributed by atoms with E-state index in [4.69, 9.17) is 0 Å². The largest absolute Gasteiger partial charge is 0.353 e. The van der Waals surface area contributed by atoms with Crippen LogP contribution in [-0.2, 0) is 14.8 Å². The smallest absolute Gasteiger partial charge is 0.223 e. The molecule has 0 aromatic heterocycles. The topological polar surface area (TPSA) is 66.5 Å².